The van der Waals surface area contributed by atoms with Gasteiger partial charge in [0, 0.05) is 18.0 Å². The topological polar surface area (TPSA) is 71.7 Å². The fraction of sp³-hybridized carbons (Fsp3) is 0.160. The number of hydrogen-bond acceptors (Lipinski definition) is 5. The van der Waals surface area contributed by atoms with E-state index in [1.54, 1.807) is 31.4 Å². The van der Waals surface area contributed by atoms with E-state index in [2.05, 4.69) is 5.32 Å². The summed E-state index contributed by atoms with van der Waals surface area (Å²) in [6, 6.07) is 18.6. The Morgan fingerprint density at radius 2 is 1.77 bits per heavy atom. The van der Waals surface area contributed by atoms with Gasteiger partial charge in [-0.25, -0.2) is 9.18 Å². The molecule has 1 heterocycles. The van der Waals surface area contributed by atoms with Crippen LogP contribution < -0.4 is 15.7 Å². The molecule has 4 aromatic rings. The molecule has 1 aromatic heterocycles. The molecule has 0 atom stereocenters. The van der Waals surface area contributed by atoms with Crippen LogP contribution >= 0.6 is 0 Å². The summed E-state index contributed by atoms with van der Waals surface area (Å²) >= 11 is 0. The van der Waals surface area contributed by atoms with Gasteiger partial charge in [-0.05, 0) is 66.1 Å². The maximum Gasteiger partial charge on any atom is 0.336 e. The number of phenols is 1. The third kappa shape index (κ3) is 4.59. The van der Waals surface area contributed by atoms with Crippen molar-refractivity contribution >= 4 is 11.0 Å². The third-order valence-electron chi connectivity index (χ3n) is 5.20. The van der Waals surface area contributed by atoms with E-state index in [1.807, 2.05) is 24.3 Å². The van der Waals surface area contributed by atoms with E-state index >= 15 is 0 Å². The summed E-state index contributed by atoms with van der Waals surface area (Å²) in [7, 11) is 1.60. The molecule has 0 saturated heterocycles. The van der Waals surface area contributed by atoms with Crippen LogP contribution in [-0.2, 0) is 13.0 Å². The van der Waals surface area contributed by atoms with Crippen LogP contribution in [0.1, 0.15) is 11.1 Å². The molecule has 0 radical (unpaired) electrons. The van der Waals surface area contributed by atoms with Crippen LogP contribution in [0, 0.1) is 5.82 Å². The Hall–Kier alpha value is -3.64. The van der Waals surface area contributed by atoms with Crippen LogP contribution in [0.25, 0.3) is 22.1 Å². The molecule has 0 aliphatic carbocycles. The second-order valence-electron chi connectivity index (χ2n) is 7.20. The van der Waals surface area contributed by atoms with Gasteiger partial charge < -0.3 is 19.6 Å². The molecule has 2 N–H and O–H groups in total. The molecule has 0 bridgehead atoms. The number of benzene rings is 3. The second-order valence-corrected chi connectivity index (χ2v) is 7.20. The van der Waals surface area contributed by atoms with Crippen LogP contribution in [0.4, 0.5) is 4.39 Å². The van der Waals surface area contributed by atoms with E-state index in [1.165, 1.54) is 18.2 Å². The Balaban J connectivity index is 1.61. The molecule has 0 spiro atoms. The molecule has 0 aliphatic heterocycles. The van der Waals surface area contributed by atoms with Gasteiger partial charge in [-0.2, -0.15) is 0 Å². The number of phenolic OH excluding ortho intramolecular Hbond substituents is 1. The molecule has 5 nitrogen and oxygen atoms in total. The van der Waals surface area contributed by atoms with Crippen LogP contribution in [0.2, 0.25) is 0 Å². The summed E-state index contributed by atoms with van der Waals surface area (Å²) in [6.45, 7) is 0.934. The SMILES string of the molecule is COc1ccc(-c2cc(=O)oc3c(CNCCc4ccc(F)cc4)c(O)ccc23)cc1. The highest BCUT2D eigenvalue weighted by molar-refractivity contribution is 5.95. The largest absolute Gasteiger partial charge is 0.507 e. The molecular formula is C25H22FNO4. The first-order chi connectivity index (χ1) is 15.0. The summed E-state index contributed by atoms with van der Waals surface area (Å²) < 4.78 is 23.7. The highest BCUT2D eigenvalue weighted by atomic mass is 19.1. The maximum absolute atomic E-state index is 13.0. The standard InChI is InChI=1S/C25H22FNO4/c1-30-19-8-4-17(5-9-19)21-14-24(29)31-25-20(21)10-11-23(28)22(25)15-27-13-12-16-2-6-18(26)7-3-16/h2-11,14,27-28H,12-13,15H2,1H3. The Kier molecular flexibility index (Phi) is 6.00. The van der Waals surface area contributed by atoms with Gasteiger partial charge in [0.1, 0.15) is 22.9 Å². The summed E-state index contributed by atoms with van der Waals surface area (Å²) in [5, 5.41) is 14.4. The fourth-order valence-electron chi connectivity index (χ4n) is 3.55. The van der Waals surface area contributed by atoms with E-state index in [0.717, 1.165) is 27.8 Å². The lowest BCUT2D eigenvalue weighted by molar-refractivity contribution is 0.415. The van der Waals surface area contributed by atoms with E-state index in [0.29, 0.717) is 30.7 Å². The minimum absolute atomic E-state index is 0.0526. The van der Waals surface area contributed by atoms with Crippen molar-refractivity contribution in [3.8, 4) is 22.6 Å². The number of hydrogen-bond donors (Lipinski definition) is 2. The Morgan fingerprint density at radius 1 is 1.03 bits per heavy atom. The first-order valence-electron chi connectivity index (χ1n) is 9.93. The molecule has 31 heavy (non-hydrogen) atoms. The van der Waals surface area contributed by atoms with Crippen molar-refractivity contribution in [2.75, 3.05) is 13.7 Å². The molecule has 0 amide bonds. The molecule has 0 aliphatic rings. The van der Waals surface area contributed by atoms with Crippen LogP contribution in [0.5, 0.6) is 11.5 Å². The summed E-state index contributed by atoms with van der Waals surface area (Å²) in [4.78, 5) is 12.3. The van der Waals surface area contributed by atoms with Crippen LogP contribution in [-0.4, -0.2) is 18.8 Å². The quantitative estimate of drug-likeness (QED) is 0.337. The lowest BCUT2D eigenvalue weighted by Gasteiger charge is -2.12. The molecule has 4 rings (SSSR count). The zero-order chi connectivity index (χ0) is 21.8. The molecule has 0 fully saturated rings. The zero-order valence-electron chi connectivity index (χ0n) is 17.0. The van der Waals surface area contributed by atoms with Crippen molar-refractivity contribution in [2.45, 2.75) is 13.0 Å². The number of nitrogens with one attached hydrogen (secondary N) is 1. The second kappa shape index (κ2) is 9.02. The summed E-state index contributed by atoms with van der Waals surface area (Å²) in [5.41, 5.74) is 2.96. The number of fused-ring (bicyclic) bond motifs is 1. The average Bonchev–Trinajstić information content (AvgIpc) is 2.78. The van der Waals surface area contributed by atoms with Gasteiger partial charge in [0.2, 0.25) is 0 Å². The highest BCUT2D eigenvalue weighted by Crippen LogP contribution is 2.33. The summed E-state index contributed by atoms with van der Waals surface area (Å²) in [5.74, 6) is 0.511. The van der Waals surface area contributed by atoms with Crippen molar-refractivity contribution < 1.29 is 18.7 Å². The summed E-state index contributed by atoms with van der Waals surface area (Å²) in [6.07, 6.45) is 0.701. The first-order valence-corrected chi connectivity index (χ1v) is 9.93. The molecule has 0 saturated carbocycles. The number of rotatable bonds is 7. The number of halogens is 1. The molecule has 6 heteroatoms. The Labute approximate surface area is 178 Å². The van der Waals surface area contributed by atoms with Gasteiger partial charge in [-0.1, -0.05) is 24.3 Å². The monoisotopic (exact) mass is 419 g/mol. The van der Waals surface area contributed by atoms with E-state index in [9.17, 15) is 14.3 Å². The first kappa shape index (κ1) is 20.6. The molecule has 0 unspecified atom stereocenters. The van der Waals surface area contributed by atoms with Crippen LogP contribution in [0.15, 0.2) is 75.9 Å². The smallest absolute Gasteiger partial charge is 0.336 e. The maximum atomic E-state index is 13.0. The number of methoxy groups -OCH3 is 1. The lowest BCUT2D eigenvalue weighted by atomic mass is 9.99. The van der Waals surface area contributed by atoms with Crippen molar-refractivity contribution in [2.24, 2.45) is 0 Å². The van der Waals surface area contributed by atoms with E-state index in [4.69, 9.17) is 9.15 Å². The molecule has 158 valence electrons. The predicted molar refractivity (Wildman–Crippen MR) is 118 cm³/mol. The minimum Gasteiger partial charge on any atom is -0.507 e. The normalized spacial score (nSPS) is 11.0. The Bertz CT molecular complexity index is 1250. The van der Waals surface area contributed by atoms with Crippen molar-refractivity contribution in [1.29, 1.82) is 0 Å². The molecular weight excluding hydrogens is 397 g/mol. The van der Waals surface area contributed by atoms with Gasteiger partial charge in [0.15, 0.2) is 0 Å². The number of ether oxygens (including phenoxy) is 1. The van der Waals surface area contributed by atoms with Crippen molar-refractivity contribution in [3.63, 3.8) is 0 Å². The minimum atomic E-state index is -0.489. The van der Waals surface area contributed by atoms with Gasteiger partial charge in [0.05, 0.1) is 12.7 Å². The van der Waals surface area contributed by atoms with E-state index in [-0.39, 0.29) is 11.6 Å². The highest BCUT2D eigenvalue weighted by Gasteiger charge is 2.15. The van der Waals surface area contributed by atoms with Crippen molar-refractivity contribution in [1.82, 2.24) is 5.32 Å². The zero-order valence-corrected chi connectivity index (χ0v) is 17.0. The van der Waals surface area contributed by atoms with Crippen molar-refractivity contribution in [3.05, 3.63) is 94.1 Å². The fourth-order valence-corrected chi connectivity index (χ4v) is 3.55. The predicted octanol–water partition coefficient (Wildman–Crippen LogP) is 4.65. The third-order valence-corrected chi connectivity index (χ3v) is 5.20. The van der Waals surface area contributed by atoms with Gasteiger partial charge in [-0.3, -0.25) is 0 Å². The lowest BCUT2D eigenvalue weighted by Crippen LogP contribution is -2.17. The van der Waals surface area contributed by atoms with Gasteiger partial charge in [0.25, 0.3) is 0 Å². The van der Waals surface area contributed by atoms with E-state index < -0.39 is 5.63 Å². The Morgan fingerprint density at radius 3 is 2.48 bits per heavy atom. The average molecular weight is 419 g/mol. The number of aromatic hydroxyl groups is 1. The van der Waals surface area contributed by atoms with Crippen LogP contribution in [0.3, 0.4) is 0 Å². The van der Waals surface area contributed by atoms with Gasteiger partial charge >= 0.3 is 5.63 Å². The molecule has 3 aromatic carbocycles. The van der Waals surface area contributed by atoms with Gasteiger partial charge in [-0.15, -0.1) is 0 Å².